The molecular weight excluding hydrogens is 560 g/mol. The third kappa shape index (κ3) is 5.93. The van der Waals surface area contributed by atoms with Crippen molar-refractivity contribution in [2.24, 2.45) is 5.41 Å². The maximum atomic E-state index is 12.3. The quantitative estimate of drug-likeness (QED) is 0.202. The molecule has 1 aliphatic heterocycles. The van der Waals surface area contributed by atoms with Crippen LogP contribution in [0.4, 0.5) is 0 Å². The second-order valence-corrected chi connectivity index (χ2v) is 13.0. The summed E-state index contributed by atoms with van der Waals surface area (Å²) in [5.74, 6) is 0.842. The number of hydrogen-bond acceptors (Lipinski definition) is 5. The Balaban J connectivity index is 1.21. The van der Waals surface area contributed by atoms with E-state index in [4.69, 9.17) is 9.47 Å². The summed E-state index contributed by atoms with van der Waals surface area (Å²) in [6.07, 6.45) is 5.83. The number of fused-ring (bicyclic) bond motifs is 1. The van der Waals surface area contributed by atoms with Gasteiger partial charge in [-0.15, -0.1) is 0 Å². The number of rotatable bonds is 10. The lowest BCUT2D eigenvalue weighted by molar-refractivity contribution is -0.142. The topological polar surface area (TPSA) is 82.8 Å². The van der Waals surface area contributed by atoms with Gasteiger partial charge in [0.05, 0.1) is 11.6 Å². The average Bonchev–Trinajstić information content (AvgIpc) is 3.45. The molecule has 4 aromatic carbocycles. The molecule has 2 aliphatic carbocycles. The first-order valence-corrected chi connectivity index (χ1v) is 16.0. The van der Waals surface area contributed by atoms with Gasteiger partial charge in [0.1, 0.15) is 30.8 Å². The standard InChI is InChI=1S/C39H38N2O4/c1-26-30(12-6-13-31(26)29-10-3-2-4-11-29)24-45-36-19-37(44-23-28-9-5-8-27(18-28)21-40)34(32-14-7-15-33(32)36)22-41-25-39(16-17-39)20-35(41)38(42)43/h2-6,8-13,18-19,35H,7,14-17,20,22-25H2,1H3,(H,42,43)/t35-/m0/s1. The van der Waals surface area contributed by atoms with Gasteiger partial charge in [0.15, 0.2) is 0 Å². The lowest BCUT2D eigenvalue weighted by Crippen LogP contribution is -2.35. The first-order chi connectivity index (χ1) is 21.9. The molecule has 0 radical (unpaired) electrons. The number of nitriles is 1. The van der Waals surface area contributed by atoms with Gasteiger partial charge in [-0.2, -0.15) is 5.26 Å². The predicted molar refractivity (Wildman–Crippen MR) is 173 cm³/mol. The molecule has 3 aliphatic rings. The van der Waals surface area contributed by atoms with Crippen molar-refractivity contribution >= 4 is 5.97 Å². The molecule has 4 aromatic rings. The summed E-state index contributed by atoms with van der Waals surface area (Å²) in [4.78, 5) is 14.5. The summed E-state index contributed by atoms with van der Waals surface area (Å²) < 4.78 is 13.2. The smallest absolute Gasteiger partial charge is 0.320 e. The first kappa shape index (κ1) is 29.1. The number of ether oxygens (including phenoxy) is 2. The normalized spacial score (nSPS) is 18.0. The average molecular weight is 599 g/mol. The zero-order chi connectivity index (χ0) is 31.0. The third-order valence-corrected chi connectivity index (χ3v) is 10.0. The van der Waals surface area contributed by atoms with Gasteiger partial charge < -0.3 is 14.6 Å². The van der Waals surface area contributed by atoms with Gasteiger partial charge >= 0.3 is 5.97 Å². The van der Waals surface area contributed by atoms with Crippen LogP contribution in [-0.4, -0.2) is 28.6 Å². The predicted octanol–water partition coefficient (Wildman–Crippen LogP) is 7.62. The summed E-state index contributed by atoms with van der Waals surface area (Å²) >= 11 is 0. The minimum Gasteiger partial charge on any atom is -0.488 e. The molecule has 1 spiro atoms. The highest BCUT2D eigenvalue weighted by Gasteiger charge is 2.54. The van der Waals surface area contributed by atoms with E-state index in [0.29, 0.717) is 25.3 Å². The molecule has 7 rings (SSSR count). The Morgan fingerprint density at radius 3 is 2.51 bits per heavy atom. The number of aliphatic carboxylic acids is 1. The van der Waals surface area contributed by atoms with E-state index in [9.17, 15) is 15.2 Å². The molecule has 1 N–H and O–H groups in total. The fourth-order valence-electron chi connectivity index (χ4n) is 7.34. The maximum absolute atomic E-state index is 12.3. The molecule has 0 unspecified atom stereocenters. The molecule has 6 heteroatoms. The maximum Gasteiger partial charge on any atom is 0.320 e. The van der Waals surface area contributed by atoms with Crippen molar-refractivity contribution in [3.05, 3.63) is 118 Å². The zero-order valence-corrected chi connectivity index (χ0v) is 25.7. The van der Waals surface area contributed by atoms with E-state index in [-0.39, 0.29) is 5.41 Å². The molecule has 1 saturated carbocycles. The Labute approximate surface area is 264 Å². The van der Waals surface area contributed by atoms with Crippen LogP contribution in [0, 0.1) is 23.7 Å². The van der Waals surface area contributed by atoms with E-state index < -0.39 is 12.0 Å². The largest absolute Gasteiger partial charge is 0.488 e. The van der Waals surface area contributed by atoms with Crippen LogP contribution in [-0.2, 0) is 37.4 Å². The van der Waals surface area contributed by atoms with Crippen LogP contribution in [0.15, 0.2) is 78.9 Å². The van der Waals surface area contributed by atoms with Gasteiger partial charge in [-0.25, -0.2) is 0 Å². The Morgan fingerprint density at radius 2 is 1.73 bits per heavy atom. The molecule has 1 atom stereocenters. The molecular formula is C39H38N2O4. The number of nitrogens with zero attached hydrogens (tertiary/aromatic N) is 2. The van der Waals surface area contributed by atoms with Crippen LogP contribution in [0.3, 0.4) is 0 Å². The summed E-state index contributed by atoms with van der Waals surface area (Å²) in [6.45, 7) is 4.27. The Hall–Kier alpha value is -4.60. The Bertz CT molecular complexity index is 1790. The highest BCUT2D eigenvalue weighted by molar-refractivity contribution is 5.74. The number of benzene rings is 4. The third-order valence-electron chi connectivity index (χ3n) is 10.0. The highest BCUT2D eigenvalue weighted by Crippen LogP contribution is 2.55. The van der Waals surface area contributed by atoms with E-state index in [1.165, 1.54) is 27.8 Å². The SMILES string of the molecule is Cc1c(COc2cc(OCc3cccc(C#N)c3)c(CN3CC4(CC4)C[C@H]3C(=O)O)c3c2CCC3)cccc1-c1ccccc1. The molecule has 1 saturated heterocycles. The number of carbonyl (C=O) groups is 1. The Morgan fingerprint density at radius 1 is 0.956 bits per heavy atom. The van der Waals surface area contributed by atoms with Crippen LogP contribution in [0.25, 0.3) is 11.1 Å². The summed E-state index contributed by atoms with van der Waals surface area (Å²) in [5, 5.41) is 19.5. The monoisotopic (exact) mass is 598 g/mol. The van der Waals surface area contributed by atoms with Gasteiger partial charge in [0, 0.05) is 24.7 Å². The van der Waals surface area contributed by atoms with Crippen LogP contribution in [0.1, 0.15) is 64.6 Å². The lowest BCUT2D eigenvalue weighted by atomic mass is 9.97. The molecule has 0 bridgehead atoms. The van der Waals surface area contributed by atoms with E-state index in [1.54, 1.807) is 6.07 Å². The van der Waals surface area contributed by atoms with E-state index in [1.807, 2.05) is 30.3 Å². The van der Waals surface area contributed by atoms with Crippen molar-refractivity contribution < 1.29 is 19.4 Å². The number of carboxylic acid groups (broad SMARTS) is 1. The van der Waals surface area contributed by atoms with Gasteiger partial charge in [-0.05, 0) is 102 Å². The summed E-state index contributed by atoms with van der Waals surface area (Å²) in [7, 11) is 0. The molecule has 228 valence electrons. The number of hydrogen-bond donors (Lipinski definition) is 1. The molecule has 0 amide bonds. The molecule has 6 nitrogen and oxygen atoms in total. The van der Waals surface area contributed by atoms with Crippen molar-refractivity contribution in [1.29, 1.82) is 5.26 Å². The van der Waals surface area contributed by atoms with Crippen LogP contribution >= 0.6 is 0 Å². The van der Waals surface area contributed by atoms with Crippen molar-refractivity contribution in [3.8, 4) is 28.7 Å². The molecule has 0 aromatic heterocycles. The van der Waals surface area contributed by atoms with E-state index >= 15 is 0 Å². The fourth-order valence-corrected chi connectivity index (χ4v) is 7.34. The second-order valence-electron chi connectivity index (χ2n) is 13.0. The van der Waals surface area contributed by atoms with E-state index in [0.717, 1.165) is 73.3 Å². The van der Waals surface area contributed by atoms with Gasteiger partial charge in [0.2, 0.25) is 0 Å². The summed E-state index contributed by atoms with van der Waals surface area (Å²) in [6, 6.07) is 28.0. The van der Waals surface area contributed by atoms with E-state index in [2.05, 4.69) is 60.4 Å². The van der Waals surface area contributed by atoms with Gasteiger partial charge in [-0.1, -0.05) is 60.7 Å². The summed E-state index contributed by atoms with van der Waals surface area (Å²) in [5.41, 5.74) is 9.94. The molecule has 1 heterocycles. The van der Waals surface area contributed by atoms with Crippen LogP contribution in [0.5, 0.6) is 11.5 Å². The number of carboxylic acids is 1. The van der Waals surface area contributed by atoms with Crippen LogP contribution < -0.4 is 9.47 Å². The molecule has 45 heavy (non-hydrogen) atoms. The fraction of sp³-hybridized carbons (Fsp3) is 0.333. The molecule has 2 fully saturated rings. The number of likely N-dealkylation sites (tertiary alicyclic amines) is 1. The lowest BCUT2D eigenvalue weighted by Gasteiger charge is -2.26. The Kier molecular flexibility index (Phi) is 7.81. The van der Waals surface area contributed by atoms with Gasteiger partial charge in [-0.3, -0.25) is 9.69 Å². The second kappa shape index (κ2) is 12.1. The van der Waals surface area contributed by atoms with Gasteiger partial charge in [0.25, 0.3) is 0 Å². The van der Waals surface area contributed by atoms with Crippen molar-refractivity contribution in [1.82, 2.24) is 4.90 Å². The zero-order valence-electron chi connectivity index (χ0n) is 25.7. The van der Waals surface area contributed by atoms with Crippen molar-refractivity contribution in [2.75, 3.05) is 6.54 Å². The minimum atomic E-state index is -0.737. The highest BCUT2D eigenvalue weighted by atomic mass is 16.5. The first-order valence-electron chi connectivity index (χ1n) is 16.0. The minimum absolute atomic E-state index is 0.167. The van der Waals surface area contributed by atoms with Crippen molar-refractivity contribution in [2.45, 2.75) is 71.2 Å². The van der Waals surface area contributed by atoms with Crippen molar-refractivity contribution in [3.63, 3.8) is 0 Å². The van der Waals surface area contributed by atoms with Crippen LogP contribution in [0.2, 0.25) is 0 Å².